The molecule has 2 aliphatic rings. The van der Waals surface area contributed by atoms with Gasteiger partial charge >= 0.3 is 0 Å². The van der Waals surface area contributed by atoms with Crippen molar-refractivity contribution in [3.05, 3.63) is 88.1 Å². The summed E-state index contributed by atoms with van der Waals surface area (Å²) in [5.41, 5.74) is 0.352. The van der Waals surface area contributed by atoms with E-state index < -0.39 is 35.4 Å². The maximum absolute atomic E-state index is 15.0. The topological polar surface area (TPSA) is 104 Å². The van der Waals surface area contributed by atoms with E-state index in [-0.39, 0.29) is 17.2 Å². The molecule has 1 saturated heterocycles. The van der Waals surface area contributed by atoms with Crippen molar-refractivity contribution in [1.29, 1.82) is 0 Å². The Kier molecular flexibility index (Phi) is 8.23. The Morgan fingerprint density at radius 3 is 2.17 bits per heavy atom. The molecule has 0 spiro atoms. The zero-order valence-electron chi connectivity index (χ0n) is 22.7. The molecule has 5 rings (SSSR count). The zero-order valence-corrected chi connectivity index (χ0v) is 23.5. The lowest BCUT2D eigenvalue weighted by molar-refractivity contribution is -0.136. The minimum Gasteiger partial charge on any atom is -0.342 e. The number of piperidine rings is 1. The molecule has 0 bridgehead atoms. The number of hydrogen-bond acceptors (Lipinski definition) is 5. The number of likely N-dealkylation sites (tertiary alicyclic amines) is 1. The number of rotatable bonds is 7. The van der Waals surface area contributed by atoms with E-state index in [1.165, 1.54) is 29.0 Å². The average Bonchev–Trinajstić information content (AvgIpc) is 3.71. The predicted octanol–water partition coefficient (Wildman–Crippen LogP) is 3.62. The largest absolute Gasteiger partial charge is 0.342 e. The third kappa shape index (κ3) is 6.18. The van der Waals surface area contributed by atoms with Gasteiger partial charge < -0.3 is 20.4 Å². The maximum atomic E-state index is 15.0. The van der Waals surface area contributed by atoms with E-state index >= 15 is 4.39 Å². The van der Waals surface area contributed by atoms with Gasteiger partial charge in [0.2, 0.25) is 17.7 Å². The lowest BCUT2D eigenvalue weighted by atomic mass is 10.0. The molecule has 3 atom stereocenters. The second kappa shape index (κ2) is 11.8. The Balaban J connectivity index is 1.33. The highest BCUT2D eigenvalue weighted by Gasteiger charge is 2.63. The Morgan fingerprint density at radius 2 is 1.56 bits per heavy atom. The van der Waals surface area contributed by atoms with Crippen molar-refractivity contribution in [2.75, 3.05) is 37.8 Å². The molecule has 2 fully saturated rings. The molecule has 0 radical (unpaired) electrons. The molecule has 1 aliphatic carbocycles. The fraction of sp³-hybridized carbons (Fsp3) is 0.333. The van der Waals surface area contributed by atoms with Gasteiger partial charge in [-0.15, -0.1) is 0 Å². The third-order valence-electron chi connectivity index (χ3n) is 7.84. The fourth-order valence-electron chi connectivity index (χ4n) is 5.45. The molecule has 9 nitrogen and oxygen atoms in total. The fourth-order valence-corrected chi connectivity index (χ4v) is 5.58. The number of benzene rings is 2. The molecule has 1 saturated carbocycles. The standard InChI is InChI=1S/C30H31ClFN5O4/c1-35(2)20-12-15-36(16-13-20)30(41)27-25(28(39)33-19-8-6-18(31)7-9-19)26(27)29(40)34-23-11-10-21(17-22(23)32)37-14-4-3-5-24(37)38/h3-11,14,17,20,25-27H,12-13,15-16H2,1-2H3,(H,33,39)(H,34,40)/t25-,26+,27?/m1/s1. The summed E-state index contributed by atoms with van der Waals surface area (Å²) < 4.78 is 16.3. The number of amides is 3. The van der Waals surface area contributed by atoms with Crippen LogP contribution in [0.1, 0.15) is 12.8 Å². The molecule has 1 aromatic heterocycles. The summed E-state index contributed by atoms with van der Waals surface area (Å²) in [5.74, 6) is -4.81. The van der Waals surface area contributed by atoms with E-state index in [0.717, 1.165) is 18.9 Å². The second-order valence-corrected chi connectivity index (χ2v) is 11.1. The molecule has 2 heterocycles. The molecule has 214 valence electrons. The van der Waals surface area contributed by atoms with Crippen LogP contribution in [0.4, 0.5) is 15.8 Å². The van der Waals surface area contributed by atoms with Crippen LogP contribution in [0.3, 0.4) is 0 Å². The number of carbonyl (C=O) groups is 3. The maximum Gasteiger partial charge on any atom is 0.255 e. The van der Waals surface area contributed by atoms with Crippen molar-refractivity contribution >= 4 is 40.7 Å². The summed E-state index contributed by atoms with van der Waals surface area (Å²) in [6.07, 6.45) is 3.11. The Morgan fingerprint density at radius 1 is 0.902 bits per heavy atom. The van der Waals surface area contributed by atoms with Gasteiger partial charge in [-0.05, 0) is 69.4 Å². The Labute approximate surface area is 241 Å². The van der Waals surface area contributed by atoms with Crippen molar-refractivity contribution in [3.8, 4) is 5.69 Å². The number of aromatic nitrogens is 1. The Hall–Kier alpha value is -4.02. The summed E-state index contributed by atoms with van der Waals surface area (Å²) in [6, 6.07) is 15.5. The quantitative estimate of drug-likeness (QED) is 0.445. The molecule has 11 heteroatoms. The van der Waals surface area contributed by atoms with Crippen molar-refractivity contribution in [2.24, 2.45) is 17.8 Å². The molecule has 41 heavy (non-hydrogen) atoms. The van der Waals surface area contributed by atoms with Crippen molar-refractivity contribution < 1.29 is 18.8 Å². The predicted molar refractivity (Wildman–Crippen MR) is 154 cm³/mol. The molecule has 2 N–H and O–H groups in total. The number of nitrogens with one attached hydrogen (secondary N) is 2. The summed E-state index contributed by atoms with van der Waals surface area (Å²) in [4.78, 5) is 56.1. The summed E-state index contributed by atoms with van der Waals surface area (Å²) >= 11 is 5.94. The van der Waals surface area contributed by atoms with Crippen LogP contribution >= 0.6 is 11.6 Å². The molecule has 3 amide bonds. The van der Waals surface area contributed by atoms with Gasteiger partial charge in [-0.3, -0.25) is 23.7 Å². The third-order valence-corrected chi connectivity index (χ3v) is 8.09. The number of nitrogens with zero attached hydrogens (tertiary/aromatic N) is 3. The van der Waals surface area contributed by atoms with Crippen LogP contribution in [-0.4, -0.2) is 65.3 Å². The van der Waals surface area contributed by atoms with E-state index in [2.05, 4.69) is 15.5 Å². The minimum atomic E-state index is -0.961. The van der Waals surface area contributed by atoms with Crippen LogP contribution in [0.25, 0.3) is 5.69 Å². The van der Waals surface area contributed by atoms with Gasteiger partial charge in [0, 0.05) is 48.2 Å². The lowest BCUT2D eigenvalue weighted by Gasteiger charge is -2.35. The molecule has 3 aromatic rings. The average molecular weight is 580 g/mol. The van der Waals surface area contributed by atoms with E-state index in [1.54, 1.807) is 41.3 Å². The van der Waals surface area contributed by atoms with Gasteiger partial charge in [-0.1, -0.05) is 17.7 Å². The lowest BCUT2D eigenvalue weighted by Crippen LogP contribution is -2.45. The van der Waals surface area contributed by atoms with Crippen LogP contribution < -0.4 is 16.2 Å². The number of pyridine rings is 1. The first-order chi connectivity index (χ1) is 19.6. The monoisotopic (exact) mass is 579 g/mol. The van der Waals surface area contributed by atoms with Gasteiger partial charge in [0.15, 0.2) is 0 Å². The number of halogens is 2. The van der Waals surface area contributed by atoms with E-state index in [0.29, 0.717) is 35.5 Å². The normalized spacial score (nSPS) is 20.5. The van der Waals surface area contributed by atoms with Crippen LogP contribution in [0.2, 0.25) is 5.02 Å². The highest BCUT2D eigenvalue weighted by molar-refractivity contribution is 6.30. The molecule has 2 aromatic carbocycles. The first kappa shape index (κ1) is 28.5. The number of carbonyl (C=O) groups excluding carboxylic acids is 3. The van der Waals surface area contributed by atoms with Crippen molar-refractivity contribution in [3.63, 3.8) is 0 Å². The SMILES string of the molecule is CN(C)C1CCN(C(=O)C2[C@@H](C(=O)Nc3ccc(-n4ccccc4=O)cc3F)[C@H]2C(=O)Nc2ccc(Cl)cc2)CC1. The van der Waals surface area contributed by atoms with Crippen LogP contribution in [0.5, 0.6) is 0 Å². The number of anilines is 2. The van der Waals surface area contributed by atoms with E-state index in [1.807, 2.05) is 14.1 Å². The first-order valence-electron chi connectivity index (χ1n) is 13.4. The van der Waals surface area contributed by atoms with Gasteiger partial charge in [0.05, 0.1) is 29.1 Å². The number of hydrogen-bond donors (Lipinski definition) is 2. The van der Waals surface area contributed by atoms with Crippen molar-refractivity contribution in [2.45, 2.75) is 18.9 Å². The van der Waals surface area contributed by atoms with Gasteiger partial charge in [0.25, 0.3) is 5.56 Å². The van der Waals surface area contributed by atoms with Crippen LogP contribution in [0.15, 0.2) is 71.7 Å². The molecule has 1 unspecified atom stereocenters. The van der Waals surface area contributed by atoms with E-state index in [9.17, 15) is 19.2 Å². The van der Waals surface area contributed by atoms with E-state index in [4.69, 9.17) is 11.6 Å². The first-order valence-corrected chi connectivity index (χ1v) is 13.8. The van der Waals surface area contributed by atoms with Crippen LogP contribution in [0, 0.1) is 23.6 Å². The van der Waals surface area contributed by atoms with Crippen molar-refractivity contribution in [1.82, 2.24) is 14.4 Å². The molecular formula is C30H31ClFN5O4. The minimum absolute atomic E-state index is 0.107. The van der Waals surface area contributed by atoms with Gasteiger partial charge in [-0.25, -0.2) is 4.39 Å². The summed E-state index contributed by atoms with van der Waals surface area (Å²) in [6.45, 7) is 1.07. The summed E-state index contributed by atoms with van der Waals surface area (Å²) in [7, 11) is 4.01. The van der Waals surface area contributed by atoms with Crippen LogP contribution in [-0.2, 0) is 14.4 Å². The van der Waals surface area contributed by atoms with Gasteiger partial charge in [0.1, 0.15) is 5.82 Å². The van der Waals surface area contributed by atoms with Gasteiger partial charge in [-0.2, -0.15) is 0 Å². The smallest absolute Gasteiger partial charge is 0.255 e. The molecule has 1 aliphatic heterocycles. The Bertz CT molecular complexity index is 1520. The highest BCUT2D eigenvalue weighted by atomic mass is 35.5. The summed E-state index contributed by atoms with van der Waals surface area (Å²) in [5, 5.41) is 5.83. The highest BCUT2D eigenvalue weighted by Crippen LogP contribution is 2.49. The molecular weight excluding hydrogens is 549 g/mol. The zero-order chi connectivity index (χ0) is 29.3. The second-order valence-electron chi connectivity index (χ2n) is 10.7.